The van der Waals surface area contributed by atoms with Gasteiger partial charge in [0.15, 0.2) is 11.3 Å². The molecule has 3 N–H and O–H groups in total. The zero-order valence-electron chi connectivity index (χ0n) is 18.2. The lowest BCUT2D eigenvalue weighted by atomic mass is 10.0. The van der Waals surface area contributed by atoms with Crippen molar-refractivity contribution in [1.82, 2.24) is 24.6 Å². The molecular formula is C24H22N6O4. The van der Waals surface area contributed by atoms with Gasteiger partial charge in [0.1, 0.15) is 18.3 Å². The molecule has 5 rings (SSSR count). The Hall–Kier alpha value is -4.47. The van der Waals surface area contributed by atoms with E-state index >= 15 is 0 Å². The van der Waals surface area contributed by atoms with Crippen LogP contribution in [0.1, 0.15) is 44.2 Å². The largest absolute Gasteiger partial charge is 0.472 e. The summed E-state index contributed by atoms with van der Waals surface area (Å²) in [6.07, 6.45) is 5.51. The Kier molecular flexibility index (Phi) is 5.54. The zero-order chi connectivity index (χ0) is 23.7. The maximum Gasteiger partial charge on any atom is 0.271 e. The predicted octanol–water partition coefficient (Wildman–Crippen LogP) is 2.12. The molecule has 4 heterocycles. The van der Waals surface area contributed by atoms with Gasteiger partial charge in [0.2, 0.25) is 0 Å². The predicted molar refractivity (Wildman–Crippen MR) is 122 cm³/mol. The molecule has 0 saturated carbocycles. The standard InChI is InChI=1S/C24H22N6O4/c25-21(31)20-22-28-18(15-4-2-1-3-5-15)12-19(30(22)14-26-20)23(32)27-17-6-9-29(10-7-17)24(33)16-8-11-34-13-16/h1-5,8,11-14,17H,6-7,9-10H2,(H2,25,31)(H,27,32). The molecule has 3 aromatic heterocycles. The van der Waals surface area contributed by atoms with Gasteiger partial charge in [-0.2, -0.15) is 0 Å². The van der Waals surface area contributed by atoms with Crippen LogP contribution in [0.3, 0.4) is 0 Å². The second-order valence-corrected chi connectivity index (χ2v) is 8.10. The highest BCUT2D eigenvalue weighted by atomic mass is 16.3. The van der Waals surface area contributed by atoms with Crippen molar-refractivity contribution in [1.29, 1.82) is 0 Å². The van der Waals surface area contributed by atoms with Gasteiger partial charge in [0.05, 0.1) is 17.5 Å². The third-order valence-electron chi connectivity index (χ3n) is 5.92. The van der Waals surface area contributed by atoms with Crippen molar-refractivity contribution in [2.24, 2.45) is 5.73 Å². The Labute approximate surface area is 194 Å². The van der Waals surface area contributed by atoms with Crippen molar-refractivity contribution in [3.05, 3.63) is 78.3 Å². The molecule has 0 bridgehead atoms. The molecule has 10 heteroatoms. The minimum absolute atomic E-state index is 0.00195. The van der Waals surface area contributed by atoms with Crippen LogP contribution in [0.5, 0.6) is 0 Å². The summed E-state index contributed by atoms with van der Waals surface area (Å²) in [7, 11) is 0. The number of hydrogen-bond acceptors (Lipinski definition) is 6. The minimum atomic E-state index is -0.721. The minimum Gasteiger partial charge on any atom is -0.472 e. The van der Waals surface area contributed by atoms with E-state index < -0.39 is 5.91 Å². The van der Waals surface area contributed by atoms with Gasteiger partial charge in [0.25, 0.3) is 17.7 Å². The van der Waals surface area contributed by atoms with Crippen molar-refractivity contribution in [2.75, 3.05) is 13.1 Å². The Morgan fingerprint density at radius 3 is 2.53 bits per heavy atom. The van der Waals surface area contributed by atoms with Gasteiger partial charge in [-0.3, -0.25) is 18.8 Å². The number of nitrogens with zero attached hydrogens (tertiary/aromatic N) is 4. The van der Waals surface area contributed by atoms with E-state index in [4.69, 9.17) is 10.2 Å². The summed E-state index contributed by atoms with van der Waals surface area (Å²) in [4.78, 5) is 48.0. The molecule has 4 aromatic rings. The first kappa shape index (κ1) is 21.4. The van der Waals surface area contributed by atoms with E-state index in [-0.39, 0.29) is 29.2 Å². The number of likely N-dealkylation sites (tertiary alicyclic amines) is 1. The molecule has 0 radical (unpaired) electrons. The number of primary amides is 1. The molecule has 1 aliphatic heterocycles. The summed E-state index contributed by atoms with van der Waals surface area (Å²) in [6, 6.07) is 12.6. The quantitative estimate of drug-likeness (QED) is 0.470. The number of rotatable bonds is 5. The molecule has 1 fully saturated rings. The normalized spacial score (nSPS) is 14.3. The third-order valence-corrected chi connectivity index (χ3v) is 5.92. The molecular weight excluding hydrogens is 436 g/mol. The molecule has 0 unspecified atom stereocenters. The number of hydrogen-bond donors (Lipinski definition) is 2. The van der Waals surface area contributed by atoms with Crippen molar-refractivity contribution < 1.29 is 18.8 Å². The Morgan fingerprint density at radius 2 is 1.85 bits per heavy atom. The van der Waals surface area contributed by atoms with Gasteiger partial charge in [-0.05, 0) is 25.0 Å². The number of amides is 3. The first-order valence-electron chi connectivity index (χ1n) is 10.9. The van der Waals surface area contributed by atoms with E-state index in [2.05, 4.69) is 15.3 Å². The summed E-state index contributed by atoms with van der Waals surface area (Å²) < 4.78 is 6.47. The fourth-order valence-electron chi connectivity index (χ4n) is 4.13. The highest BCUT2D eigenvalue weighted by Gasteiger charge is 2.27. The van der Waals surface area contributed by atoms with Crippen molar-refractivity contribution in [3.63, 3.8) is 0 Å². The second-order valence-electron chi connectivity index (χ2n) is 8.10. The average Bonchev–Trinajstić information content (AvgIpc) is 3.54. The van der Waals surface area contributed by atoms with Gasteiger partial charge >= 0.3 is 0 Å². The maximum atomic E-state index is 13.3. The number of fused-ring (bicyclic) bond motifs is 1. The van der Waals surface area contributed by atoms with Crippen molar-refractivity contribution in [3.8, 4) is 11.3 Å². The van der Waals surface area contributed by atoms with Crippen LogP contribution >= 0.6 is 0 Å². The fraction of sp³-hybridized carbons (Fsp3) is 0.208. The Balaban J connectivity index is 1.38. The number of carbonyl (C=O) groups excluding carboxylic acids is 3. The molecule has 0 spiro atoms. The topological polar surface area (TPSA) is 136 Å². The Morgan fingerprint density at radius 1 is 1.09 bits per heavy atom. The SMILES string of the molecule is NC(=O)c1ncn2c(C(=O)NC3CCN(C(=O)c4ccoc4)CC3)cc(-c3ccccc3)nc12. The summed E-state index contributed by atoms with van der Waals surface area (Å²) in [5.74, 6) is -1.13. The number of carbonyl (C=O) groups is 3. The molecule has 172 valence electrons. The molecule has 0 aliphatic carbocycles. The van der Waals surface area contributed by atoms with Crippen LogP contribution in [-0.2, 0) is 0 Å². The highest BCUT2D eigenvalue weighted by molar-refractivity contribution is 5.99. The smallest absolute Gasteiger partial charge is 0.271 e. The van der Waals surface area contributed by atoms with Crippen LogP contribution in [0.2, 0.25) is 0 Å². The lowest BCUT2D eigenvalue weighted by molar-refractivity contribution is 0.0696. The van der Waals surface area contributed by atoms with E-state index in [9.17, 15) is 14.4 Å². The van der Waals surface area contributed by atoms with Crippen molar-refractivity contribution >= 4 is 23.4 Å². The van der Waals surface area contributed by atoms with Crippen LogP contribution < -0.4 is 11.1 Å². The van der Waals surface area contributed by atoms with Crippen LogP contribution in [0.25, 0.3) is 16.9 Å². The number of aromatic nitrogens is 3. The Bertz CT molecular complexity index is 1360. The molecule has 3 amide bonds. The summed E-state index contributed by atoms with van der Waals surface area (Å²) >= 11 is 0. The monoisotopic (exact) mass is 458 g/mol. The van der Waals surface area contributed by atoms with E-state index in [1.54, 1.807) is 17.0 Å². The van der Waals surface area contributed by atoms with E-state index in [0.29, 0.717) is 42.9 Å². The third kappa shape index (κ3) is 4.01. The molecule has 10 nitrogen and oxygen atoms in total. The lowest BCUT2D eigenvalue weighted by Crippen LogP contribution is -2.46. The molecule has 1 aromatic carbocycles. The number of benzene rings is 1. The highest BCUT2D eigenvalue weighted by Crippen LogP contribution is 2.22. The molecule has 0 atom stereocenters. The van der Waals surface area contributed by atoms with Gasteiger partial charge < -0.3 is 20.4 Å². The van der Waals surface area contributed by atoms with Gasteiger partial charge in [0, 0.05) is 24.7 Å². The average molecular weight is 458 g/mol. The number of nitrogens with two attached hydrogens (primary N) is 1. The second kappa shape index (κ2) is 8.81. The number of imidazole rings is 1. The van der Waals surface area contributed by atoms with E-state index in [1.165, 1.54) is 23.3 Å². The number of piperidine rings is 1. The first-order valence-corrected chi connectivity index (χ1v) is 10.9. The number of nitrogens with one attached hydrogen (secondary N) is 1. The van der Waals surface area contributed by atoms with Crippen LogP contribution in [-0.4, -0.2) is 56.1 Å². The van der Waals surface area contributed by atoms with Crippen LogP contribution in [0.4, 0.5) is 0 Å². The first-order chi connectivity index (χ1) is 16.5. The molecule has 1 aliphatic rings. The summed E-state index contributed by atoms with van der Waals surface area (Å²) in [5, 5.41) is 3.05. The van der Waals surface area contributed by atoms with Crippen LogP contribution in [0, 0.1) is 0 Å². The molecule has 34 heavy (non-hydrogen) atoms. The van der Waals surface area contributed by atoms with Crippen molar-refractivity contribution in [2.45, 2.75) is 18.9 Å². The van der Waals surface area contributed by atoms with E-state index in [0.717, 1.165) is 5.56 Å². The maximum absolute atomic E-state index is 13.3. The van der Waals surface area contributed by atoms with Gasteiger partial charge in [-0.1, -0.05) is 30.3 Å². The summed E-state index contributed by atoms with van der Waals surface area (Å²) in [6.45, 7) is 1.04. The fourth-order valence-corrected chi connectivity index (χ4v) is 4.13. The number of furan rings is 1. The van der Waals surface area contributed by atoms with Gasteiger partial charge in [-0.15, -0.1) is 0 Å². The van der Waals surface area contributed by atoms with Gasteiger partial charge in [-0.25, -0.2) is 9.97 Å². The molecule has 1 saturated heterocycles. The summed E-state index contributed by atoms with van der Waals surface area (Å²) in [5.41, 5.74) is 7.82. The lowest BCUT2D eigenvalue weighted by Gasteiger charge is -2.32. The van der Waals surface area contributed by atoms with E-state index in [1.807, 2.05) is 30.3 Å². The van der Waals surface area contributed by atoms with Crippen LogP contribution in [0.15, 0.2) is 65.7 Å². The zero-order valence-corrected chi connectivity index (χ0v) is 18.2.